The van der Waals surface area contributed by atoms with E-state index < -0.39 is 158 Å². The average molecular weight is 2080 g/mol. The Kier molecular flexibility index (Phi) is 197. The van der Waals surface area contributed by atoms with E-state index in [1.54, 1.807) is 0 Å². The van der Waals surface area contributed by atoms with E-state index in [0.29, 0.717) is 0 Å². The Hall–Kier alpha value is 10.3. The summed E-state index contributed by atoms with van der Waals surface area (Å²) in [6.07, 6.45) is 0. The molecule has 0 N–H and O–H groups in total. The zero-order valence-electron chi connectivity index (χ0n) is 15.2. The summed E-state index contributed by atoms with van der Waals surface area (Å²) in [6, 6.07) is 0. The minimum atomic E-state index is -4.29. The minimum absolute atomic E-state index is 0. The molecule has 0 rings (SSSR count). The van der Waals surface area contributed by atoms with Crippen molar-refractivity contribution in [1.29, 1.82) is 0 Å². The maximum Gasteiger partial charge on any atom is 2.00 e. The van der Waals surface area contributed by atoms with Crippen molar-refractivity contribution in [3.05, 3.63) is 0 Å². The van der Waals surface area contributed by atoms with Crippen LogP contribution in [0.4, 0.5) is 0 Å². The standard InChI is InChI=1S/2La.21O.4Pb.7Zr/q2*+3;;;;;;;;14*-1;4*+2;;;;;;;. The van der Waals surface area contributed by atoms with E-state index in [4.69, 9.17) is 64.3 Å². The van der Waals surface area contributed by atoms with Gasteiger partial charge in [0, 0.05) is 0 Å². The molecule has 0 saturated carbocycles. The van der Waals surface area contributed by atoms with Crippen molar-refractivity contribution in [2.24, 2.45) is 0 Å². The van der Waals surface area contributed by atoms with Crippen molar-refractivity contribution in [2.45, 2.75) is 0 Å². The maximum absolute atomic E-state index is 8.61. The van der Waals surface area contributed by atoms with Crippen LogP contribution in [-0.4, -0.2) is 109 Å². The van der Waals surface area contributed by atoms with Gasteiger partial charge in [-0.15, -0.1) is 0 Å². The van der Waals surface area contributed by atoms with Crippen LogP contribution in [0.5, 0.6) is 0 Å². The van der Waals surface area contributed by atoms with Crippen LogP contribution in [-0.2, 0) is 178 Å². The molecule has 8 radical (unpaired) electrons. The molecular weight excluding hydrogens is 2080 g/mol. The summed E-state index contributed by atoms with van der Waals surface area (Å²) in [5, 5.41) is 0. The van der Waals surface area contributed by atoms with Crippen molar-refractivity contribution in [3.63, 3.8) is 0 Å². The topological polar surface area (TPSA) is 442 Å². The molecule has 0 aromatic carbocycles. The molecule has 0 saturated heterocycles. The first-order valence-corrected chi connectivity index (χ1v) is 25.4. The van der Waals surface area contributed by atoms with Crippen LogP contribution in [0.1, 0.15) is 0 Å². The van der Waals surface area contributed by atoms with Crippen LogP contribution >= 0.6 is 0 Å². The molecule has 176 valence electrons. The molecule has 0 aliphatic heterocycles. The van der Waals surface area contributed by atoms with Gasteiger partial charge in [-0.2, -0.15) is 0 Å². The summed E-state index contributed by atoms with van der Waals surface area (Å²) in [4.78, 5) is 0. The fraction of sp³-hybridized carbons (Fsp3) is 0. The minimum Gasteiger partial charge on any atom is 2.00 e. The molecule has 0 heterocycles. The molecule has 34 heteroatoms. The van der Waals surface area contributed by atoms with Gasteiger partial charge >= 0.3 is 403 Å². The van der Waals surface area contributed by atoms with Gasteiger partial charge in [0.15, 0.2) is 0 Å². The van der Waals surface area contributed by atoms with Crippen LogP contribution in [0.3, 0.4) is 0 Å². The Morgan fingerprint density at radius 3 is 0.235 bits per heavy atom. The molecule has 0 atom stereocenters. The van der Waals surface area contributed by atoms with Crippen LogP contribution in [0.2, 0.25) is 0 Å². The van der Waals surface area contributed by atoms with Crippen LogP contribution in [0.15, 0.2) is 0 Å². The summed E-state index contributed by atoms with van der Waals surface area (Å²) in [5.41, 5.74) is 0. The molecule has 0 spiro atoms. The molecule has 0 aliphatic rings. The Bertz CT molecular complexity index is 330. The van der Waals surface area contributed by atoms with Gasteiger partial charge in [-0.05, 0) is 0 Å². The molecule has 21 nitrogen and oxygen atoms in total. The Morgan fingerprint density at radius 1 is 0.235 bits per heavy atom. The normalized spacial score (nSPS) is 5.35. The number of rotatable bonds is 0. The zero-order valence-corrected chi connectivity index (χ0v) is 55.2. The van der Waals surface area contributed by atoms with Gasteiger partial charge in [0.05, 0.1) is 0 Å². The van der Waals surface area contributed by atoms with Crippen molar-refractivity contribution in [1.82, 2.24) is 0 Å². The predicted octanol–water partition coefficient (Wildman–Crippen LogP) is -19.0. The van der Waals surface area contributed by atoms with Gasteiger partial charge in [-0.1, -0.05) is 0 Å². The average Bonchev–Trinajstić information content (AvgIpc) is 2.20. The predicted molar refractivity (Wildman–Crippen MR) is 27.8 cm³/mol. The van der Waals surface area contributed by atoms with E-state index in [1.807, 2.05) is 0 Å². The summed E-state index contributed by atoms with van der Waals surface area (Å²) < 4.78 is 181. The van der Waals surface area contributed by atoms with E-state index in [1.165, 1.54) is 0 Å². The summed E-state index contributed by atoms with van der Waals surface area (Å²) in [5.74, 6) is 0. The maximum atomic E-state index is 8.61. The second-order valence-electron chi connectivity index (χ2n) is 1.75. The third-order valence-electron chi connectivity index (χ3n) is 0. The SMILES string of the molecule is [La+3].[La+3].[O]=[Zr]([O-])[O-].[O]=[Zr]([O-])[O-].[O]=[Zr]([O-])[O-].[O]=[Zr]([O-])[O-].[O]=[Zr]([O-])[O-].[O]=[Zr]([O-])[O-].[O]=[Zr]([O-])[O-].[Pb+2].[Pb+2].[Pb+2].[Pb+2]. The molecular formula is La2O21Pb4Zr7. The van der Waals surface area contributed by atoms with Gasteiger partial charge in [0.25, 0.3) is 0 Å². The van der Waals surface area contributed by atoms with Crippen molar-refractivity contribution < 1.29 is 294 Å². The van der Waals surface area contributed by atoms with Crippen LogP contribution in [0, 0.1) is 71.2 Å². The first-order chi connectivity index (χ1) is 12.1. The fourth-order valence-electron chi connectivity index (χ4n) is 0. The van der Waals surface area contributed by atoms with Gasteiger partial charge < -0.3 is 0 Å². The van der Waals surface area contributed by atoms with Gasteiger partial charge in [-0.25, -0.2) is 0 Å². The molecule has 0 bridgehead atoms. The summed E-state index contributed by atoms with van der Waals surface area (Å²) in [7, 11) is 0. The van der Waals surface area contributed by atoms with E-state index in [-0.39, 0.29) is 180 Å². The van der Waals surface area contributed by atoms with Gasteiger partial charge in [0.2, 0.25) is 0 Å². The summed E-state index contributed by atoms with van der Waals surface area (Å²) in [6.45, 7) is 0. The molecule has 0 unspecified atom stereocenters. The monoisotopic (exact) mass is 2070 g/mol. The molecule has 0 fully saturated rings. The van der Waals surface area contributed by atoms with Crippen molar-refractivity contribution >= 4 is 109 Å². The second-order valence-corrected chi connectivity index (χ2v) is 10.4. The van der Waals surface area contributed by atoms with Gasteiger partial charge in [-0.3, -0.25) is 0 Å². The molecule has 0 aliphatic carbocycles. The van der Waals surface area contributed by atoms with Crippen LogP contribution < -0.4 is 44.6 Å². The fourth-order valence-corrected chi connectivity index (χ4v) is 0. The number of hydrogen-bond acceptors (Lipinski definition) is 21. The Labute approximate surface area is 391 Å². The Balaban J connectivity index is -0.0000000134. The quantitative estimate of drug-likeness (QED) is 0.203. The van der Waals surface area contributed by atoms with E-state index in [0.717, 1.165) is 0 Å². The third kappa shape index (κ3) is 680. The van der Waals surface area contributed by atoms with E-state index in [2.05, 4.69) is 0 Å². The Morgan fingerprint density at radius 2 is 0.235 bits per heavy atom. The molecule has 34 heavy (non-hydrogen) atoms. The first kappa shape index (κ1) is 84.8. The number of hydrogen-bond donors (Lipinski definition) is 0. The molecule has 0 aromatic rings. The largest absolute Gasteiger partial charge is 2.00 e. The van der Waals surface area contributed by atoms with Crippen molar-refractivity contribution in [3.8, 4) is 0 Å². The molecule has 0 amide bonds. The van der Waals surface area contributed by atoms with Gasteiger partial charge in [0.1, 0.15) is 0 Å². The second kappa shape index (κ2) is 79.1. The molecule has 0 aromatic heterocycles. The third-order valence-corrected chi connectivity index (χ3v) is 0. The van der Waals surface area contributed by atoms with E-state index in [9.17, 15) is 0 Å². The van der Waals surface area contributed by atoms with E-state index >= 15 is 0 Å². The van der Waals surface area contributed by atoms with Crippen LogP contribution in [0.25, 0.3) is 0 Å². The summed E-state index contributed by atoms with van der Waals surface area (Å²) >= 11 is -30.1. The zero-order chi connectivity index (χ0) is 25.0. The van der Waals surface area contributed by atoms with Crippen molar-refractivity contribution in [2.75, 3.05) is 0 Å². The smallest absolute Gasteiger partial charge is 2.00 e. The first-order valence-electron chi connectivity index (χ1n) is 4.29.